The minimum Gasteiger partial charge on any atom is -0.508 e. The number of aliphatic hydroxyl groups is 1. The normalized spacial score (nSPS) is 18.1. The Morgan fingerprint density at radius 2 is 1.83 bits per heavy atom. The van der Waals surface area contributed by atoms with Crippen LogP contribution in [0.15, 0.2) is 66.7 Å². The van der Waals surface area contributed by atoms with Crippen molar-refractivity contribution in [2.45, 2.75) is 33.0 Å². The van der Waals surface area contributed by atoms with Gasteiger partial charge in [-0.1, -0.05) is 43.7 Å². The van der Waals surface area contributed by atoms with Crippen molar-refractivity contribution in [1.29, 1.82) is 0 Å². The Balaban J connectivity index is 1.39. The highest BCUT2D eigenvalue weighted by Gasteiger charge is 2.30. The SMILES string of the molecule is CCC1CN(CCOc2ccc([C@H]3Oc4ccc(O)cc4C(C)=C3c3cccc(CO)c3)cc2)C1. The molecule has 2 aliphatic rings. The lowest BCUT2D eigenvalue weighted by Gasteiger charge is -2.38. The predicted molar refractivity (Wildman–Crippen MR) is 138 cm³/mol. The number of nitrogens with zero attached hydrogens (tertiary/aromatic N) is 1. The summed E-state index contributed by atoms with van der Waals surface area (Å²) in [5.74, 6) is 2.65. The molecule has 5 nitrogen and oxygen atoms in total. The molecule has 0 spiro atoms. The van der Waals surface area contributed by atoms with Gasteiger partial charge in [-0.3, -0.25) is 4.90 Å². The van der Waals surface area contributed by atoms with Crippen LogP contribution in [0.3, 0.4) is 0 Å². The molecule has 0 aliphatic carbocycles. The fourth-order valence-electron chi connectivity index (χ4n) is 5.03. The van der Waals surface area contributed by atoms with Gasteiger partial charge in [0.05, 0.1) is 6.61 Å². The van der Waals surface area contributed by atoms with Gasteiger partial charge in [0, 0.05) is 30.8 Å². The topological polar surface area (TPSA) is 62.2 Å². The molecule has 0 amide bonds. The molecule has 2 heterocycles. The number of ether oxygens (including phenoxy) is 2. The van der Waals surface area contributed by atoms with Crippen molar-refractivity contribution in [3.63, 3.8) is 0 Å². The van der Waals surface area contributed by atoms with Crippen LogP contribution < -0.4 is 9.47 Å². The van der Waals surface area contributed by atoms with Crippen LogP contribution in [0.1, 0.15) is 48.6 Å². The summed E-state index contributed by atoms with van der Waals surface area (Å²) in [5, 5.41) is 19.8. The standard InChI is InChI=1S/C30H33NO4/c1-3-21-17-31(18-21)13-14-34-26-10-7-23(8-11-26)30-29(24-6-4-5-22(15-24)19-32)20(2)27-16-25(33)9-12-28(27)35-30/h4-12,15-16,21,30,32-33H,3,13-14,17-19H2,1-2H3/t30-/m1/s1. The van der Waals surface area contributed by atoms with Gasteiger partial charge in [-0.2, -0.15) is 0 Å². The van der Waals surface area contributed by atoms with Crippen LogP contribution in [-0.2, 0) is 6.61 Å². The Bertz CT molecular complexity index is 1210. The summed E-state index contributed by atoms with van der Waals surface area (Å²) >= 11 is 0. The molecule has 2 N–H and O–H groups in total. The zero-order valence-electron chi connectivity index (χ0n) is 20.4. The molecule has 182 valence electrons. The number of fused-ring (bicyclic) bond motifs is 1. The summed E-state index contributed by atoms with van der Waals surface area (Å²) in [6, 6.07) is 21.3. The number of allylic oxidation sites excluding steroid dienone is 1. The van der Waals surface area contributed by atoms with E-state index in [2.05, 4.69) is 30.9 Å². The molecule has 0 radical (unpaired) electrons. The molecule has 0 bridgehead atoms. The van der Waals surface area contributed by atoms with Crippen molar-refractivity contribution in [3.05, 3.63) is 89.0 Å². The minimum atomic E-state index is -0.317. The van der Waals surface area contributed by atoms with Crippen molar-refractivity contribution in [2.24, 2.45) is 5.92 Å². The number of aromatic hydroxyl groups is 1. The van der Waals surface area contributed by atoms with Gasteiger partial charge in [-0.05, 0) is 71.5 Å². The lowest BCUT2D eigenvalue weighted by Crippen LogP contribution is -2.47. The van der Waals surface area contributed by atoms with Gasteiger partial charge >= 0.3 is 0 Å². The largest absolute Gasteiger partial charge is 0.508 e. The third-order valence-corrected chi connectivity index (χ3v) is 7.17. The van der Waals surface area contributed by atoms with E-state index in [-0.39, 0.29) is 18.5 Å². The number of rotatable bonds is 8. The number of benzene rings is 3. The Labute approximate surface area is 207 Å². The lowest BCUT2D eigenvalue weighted by atomic mass is 9.85. The molecule has 0 saturated carbocycles. The van der Waals surface area contributed by atoms with E-state index in [0.29, 0.717) is 6.61 Å². The van der Waals surface area contributed by atoms with Gasteiger partial charge in [0.25, 0.3) is 0 Å². The molecule has 1 fully saturated rings. The van der Waals surface area contributed by atoms with Crippen LogP contribution in [-0.4, -0.2) is 41.4 Å². The molecule has 35 heavy (non-hydrogen) atoms. The maximum Gasteiger partial charge on any atom is 0.150 e. The van der Waals surface area contributed by atoms with Crippen LogP contribution >= 0.6 is 0 Å². The second-order valence-corrected chi connectivity index (χ2v) is 9.53. The van der Waals surface area contributed by atoms with Crippen molar-refractivity contribution >= 4 is 11.1 Å². The number of likely N-dealkylation sites (tertiary alicyclic amines) is 1. The Hall–Kier alpha value is -3.28. The number of hydrogen-bond acceptors (Lipinski definition) is 5. The quantitative estimate of drug-likeness (QED) is 0.443. The number of phenols is 1. The van der Waals surface area contributed by atoms with E-state index in [9.17, 15) is 10.2 Å². The van der Waals surface area contributed by atoms with Crippen molar-refractivity contribution in [2.75, 3.05) is 26.2 Å². The second kappa shape index (κ2) is 10.1. The van der Waals surface area contributed by atoms with Crippen molar-refractivity contribution < 1.29 is 19.7 Å². The first-order valence-electron chi connectivity index (χ1n) is 12.4. The van der Waals surface area contributed by atoms with Crippen LogP contribution in [0.2, 0.25) is 0 Å². The van der Waals surface area contributed by atoms with Crippen molar-refractivity contribution in [1.82, 2.24) is 4.90 Å². The highest BCUT2D eigenvalue weighted by molar-refractivity contribution is 5.95. The average molecular weight is 472 g/mol. The first-order chi connectivity index (χ1) is 17.1. The van der Waals surface area contributed by atoms with E-state index in [1.54, 1.807) is 12.1 Å². The molecule has 5 heteroatoms. The third kappa shape index (κ3) is 4.93. The van der Waals surface area contributed by atoms with Crippen LogP contribution in [0.25, 0.3) is 11.1 Å². The number of aliphatic hydroxyl groups excluding tert-OH is 1. The number of hydrogen-bond donors (Lipinski definition) is 2. The second-order valence-electron chi connectivity index (χ2n) is 9.53. The fraction of sp³-hybridized carbons (Fsp3) is 0.333. The molecule has 0 aromatic heterocycles. The first-order valence-corrected chi connectivity index (χ1v) is 12.4. The molecule has 2 aliphatic heterocycles. The van der Waals surface area contributed by atoms with E-state index in [1.165, 1.54) is 19.5 Å². The summed E-state index contributed by atoms with van der Waals surface area (Å²) in [5.41, 5.74) is 5.81. The van der Waals surface area contributed by atoms with Crippen LogP contribution in [0.4, 0.5) is 0 Å². The predicted octanol–water partition coefficient (Wildman–Crippen LogP) is 5.67. The van der Waals surface area contributed by atoms with Gasteiger partial charge in [0.2, 0.25) is 0 Å². The van der Waals surface area contributed by atoms with Gasteiger partial charge in [-0.15, -0.1) is 0 Å². The van der Waals surface area contributed by atoms with E-state index < -0.39 is 0 Å². The smallest absolute Gasteiger partial charge is 0.150 e. The van der Waals surface area contributed by atoms with E-state index in [0.717, 1.165) is 57.4 Å². The fourth-order valence-corrected chi connectivity index (χ4v) is 5.03. The van der Waals surface area contributed by atoms with Crippen LogP contribution in [0, 0.1) is 5.92 Å². The molecule has 3 aromatic rings. The van der Waals surface area contributed by atoms with E-state index >= 15 is 0 Å². The molecule has 3 aromatic carbocycles. The van der Waals surface area contributed by atoms with E-state index in [1.807, 2.05) is 42.5 Å². The molecule has 1 atom stereocenters. The third-order valence-electron chi connectivity index (χ3n) is 7.17. The van der Waals surface area contributed by atoms with E-state index in [4.69, 9.17) is 9.47 Å². The minimum absolute atomic E-state index is 0.0222. The zero-order valence-corrected chi connectivity index (χ0v) is 20.4. The first kappa shape index (κ1) is 23.5. The summed E-state index contributed by atoms with van der Waals surface area (Å²) in [7, 11) is 0. The van der Waals surface area contributed by atoms with Gasteiger partial charge in [0.15, 0.2) is 0 Å². The van der Waals surface area contributed by atoms with Gasteiger partial charge in [0.1, 0.15) is 30.0 Å². The van der Waals surface area contributed by atoms with Gasteiger partial charge in [-0.25, -0.2) is 0 Å². The summed E-state index contributed by atoms with van der Waals surface area (Å²) in [6.45, 7) is 8.30. The maximum atomic E-state index is 10.1. The summed E-state index contributed by atoms with van der Waals surface area (Å²) in [6.07, 6.45) is 0.940. The molecular weight excluding hydrogens is 438 g/mol. The summed E-state index contributed by atoms with van der Waals surface area (Å²) < 4.78 is 12.5. The highest BCUT2D eigenvalue weighted by atomic mass is 16.5. The number of phenolic OH excluding ortho intramolecular Hbond substituents is 1. The Morgan fingerprint density at radius 1 is 1.03 bits per heavy atom. The Morgan fingerprint density at radius 3 is 2.57 bits per heavy atom. The molecular formula is C30H33NO4. The Kier molecular flexibility index (Phi) is 6.80. The highest BCUT2D eigenvalue weighted by Crippen LogP contribution is 2.47. The lowest BCUT2D eigenvalue weighted by molar-refractivity contribution is 0.0806. The molecule has 0 unspecified atom stereocenters. The van der Waals surface area contributed by atoms with Crippen LogP contribution in [0.5, 0.6) is 17.2 Å². The summed E-state index contributed by atoms with van der Waals surface area (Å²) in [4.78, 5) is 2.44. The average Bonchev–Trinajstić information content (AvgIpc) is 2.86. The van der Waals surface area contributed by atoms with Crippen molar-refractivity contribution in [3.8, 4) is 17.2 Å². The van der Waals surface area contributed by atoms with Gasteiger partial charge < -0.3 is 19.7 Å². The monoisotopic (exact) mass is 471 g/mol. The maximum absolute atomic E-state index is 10.1. The molecule has 5 rings (SSSR count). The molecule has 1 saturated heterocycles. The zero-order chi connectivity index (χ0) is 24.4.